The molecule has 1 saturated heterocycles. The summed E-state index contributed by atoms with van der Waals surface area (Å²) in [5.41, 5.74) is 3.44. The second-order valence-electron chi connectivity index (χ2n) is 4.60. The molecule has 0 bridgehead atoms. The molecule has 3 rings (SSSR count). The number of fused-ring (bicyclic) bond motifs is 1. The summed E-state index contributed by atoms with van der Waals surface area (Å²) in [6.45, 7) is 4.50. The fraction of sp³-hybridized carbons (Fsp3) is 0.500. The van der Waals surface area contributed by atoms with Crippen molar-refractivity contribution in [3.63, 3.8) is 0 Å². The van der Waals surface area contributed by atoms with Gasteiger partial charge in [0.2, 0.25) is 0 Å². The monoisotopic (exact) mass is 262 g/mol. The van der Waals surface area contributed by atoms with Crippen LogP contribution in [0.25, 0.3) is 5.65 Å². The maximum Gasteiger partial charge on any atom is 0.180 e. The molecule has 102 valence electrons. The highest BCUT2D eigenvalue weighted by Crippen LogP contribution is 2.23. The lowest BCUT2D eigenvalue weighted by atomic mass is 10.2. The standard InChI is InChI=1S/C12H18N6O/c1-2-9-7-18(5-6-19-9)12-11-14-3-4-17(11)8-10(15-12)16-13/h3-4,8-9,16H,2,5-7,13H2,1H3. The van der Waals surface area contributed by atoms with Crippen LogP contribution in [-0.2, 0) is 4.74 Å². The number of hydrogen-bond acceptors (Lipinski definition) is 6. The number of nitrogen functional groups attached to an aromatic ring is 1. The van der Waals surface area contributed by atoms with Gasteiger partial charge in [-0.05, 0) is 6.42 Å². The van der Waals surface area contributed by atoms with Gasteiger partial charge in [-0.1, -0.05) is 6.92 Å². The molecule has 0 aliphatic carbocycles. The van der Waals surface area contributed by atoms with Gasteiger partial charge in [0, 0.05) is 25.5 Å². The zero-order valence-electron chi connectivity index (χ0n) is 10.9. The number of hydrazine groups is 1. The topological polar surface area (TPSA) is 80.7 Å². The Kier molecular flexibility index (Phi) is 3.22. The molecule has 2 aromatic rings. The molecule has 19 heavy (non-hydrogen) atoms. The van der Waals surface area contributed by atoms with Gasteiger partial charge in [-0.25, -0.2) is 15.8 Å². The number of aromatic nitrogens is 3. The van der Waals surface area contributed by atoms with E-state index in [0.717, 1.165) is 31.0 Å². The normalized spacial score (nSPS) is 19.9. The van der Waals surface area contributed by atoms with Gasteiger partial charge >= 0.3 is 0 Å². The fourth-order valence-corrected chi connectivity index (χ4v) is 2.36. The van der Waals surface area contributed by atoms with Gasteiger partial charge in [0.1, 0.15) is 0 Å². The average Bonchev–Trinajstić information content (AvgIpc) is 2.94. The molecule has 3 heterocycles. The van der Waals surface area contributed by atoms with E-state index in [1.165, 1.54) is 0 Å². The van der Waals surface area contributed by atoms with Crippen LogP contribution in [0.15, 0.2) is 18.6 Å². The zero-order chi connectivity index (χ0) is 13.2. The van der Waals surface area contributed by atoms with Gasteiger partial charge in [0.15, 0.2) is 17.3 Å². The minimum absolute atomic E-state index is 0.250. The smallest absolute Gasteiger partial charge is 0.180 e. The quantitative estimate of drug-likeness (QED) is 0.624. The molecule has 3 N–H and O–H groups in total. The molecule has 2 aromatic heterocycles. The Bertz CT molecular complexity index is 568. The van der Waals surface area contributed by atoms with Crippen LogP contribution in [0.3, 0.4) is 0 Å². The predicted molar refractivity (Wildman–Crippen MR) is 73.0 cm³/mol. The van der Waals surface area contributed by atoms with Crippen molar-refractivity contribution in [2.75, 3.05) is 30.0 Å². The highest BCUT2D eigenvalue weighted by atomic mass is 16.5. The SMILES string of the molecule is CCC1CN(c2nc(NN)cn3ccnc23)CCO1. The van der Waals surface area contributed by atoms with Crippen LogP contribution in [0.1, 0.15) is 13.3 Å². The van der Waals surface area contributed by atoms with Crippen LogP contribution in [-0.4, -0.2) is 40.2 Å². The number of morpholine rings is 1. The Balaban J connectivity index is 2.00. The highest BCUT2D eigenvalue weighted by Gasteiger charge is 2.22. The van der Waals surface area contributed by atoms with Crippen LogP contribution in [0.5, 0.6) is 0 Å². The number of ether oxygens (including phenoxy) is 1. The number of imidazole rings is 1. The van der Waals surface area contributed by atoms with Gasteiger partial charge in [-0.2, -0.15) is 0 Å². The second-order valence-corrected chi connectivity index (χ2v) is 4.60. The Morgan fingerprint density at radius 2 is 2.47 bits per heavy atom. The maximum absolute atomic E-state index is 5.69. The van der Waals surface area contributed by atoms with Crippen molar-refractivity contribution in [2.24, 2.45) is 5.84 Å². The average molecular weight is 262 g/mol. The minimum Gasteiger partial charge on any atom is -0.375 e. The van der Waals surface area contributed by atoms with Crippen LogP contribution in [0.2, 0.25) is 0 Å². The molecule has 7 heteroatoms. The molecule has 1 fully saturated rings. The summed E-state index contributed by atoms with van der Waals surface area (Å²) in [7, 11) is 0. The van der Waals surface area contributed by atoms with Crippen molar-refractivity contribution in [3.8, 4) is 0 Å². The zero-order valence-corrected chi connectivity index (χ0v) is 10.9. The summed E-state index contributed by atoms with van der Waals surface area (Å²) in [5.74, 6) is 6.95. The first-order valence-corrected chi connectivity index (χ1v) is 6.48. The van der Waals surface area contributed by atoms with Gasteiger partial charge < -0.3 is 19.5 Å². The van der Waals surface area contributed by atoms with Crippen LogP contribution >= 0.6 is 0 Å². The Morgan fingerprint density at radius 1 is 1.58 bits per heavy atom. The lowest BCUT2D eigenvalue weighted by Crippen LogP contribution is -2.43. The molecule has 1 atom stereocenters. The molecule has 1 unspecified atom stereocenters. The van der Waals surface area contributed by atoms with E-state index in [-0.39, 0.29) is 6.10 Å². The number of rotatable bonds is 3. The molecular weight excluding hydrogens is 244 g/mol. The molecule has 7 nitrogen and oxygen atoms in total. The van der Waals surface area contributed by atoms with Gasteiger partial charge in [-0.15, -0.1) is 0 Å². The molecule has 0 amide bonds. The summed E-state index contributed by atoms with van der Waals surface area (Å²) >= 11 is 0. The Labute approximate surface area is 111 Å². The number of nitrogens with two attached hydrogens (primary N) is 1. The third-order valence-corrected chi connectivity index (χ3v) is 3.40. The van der Waals surface area contributed by atoms with Crippen LogP contribution in [0.4, 0.5) is 11.6 Å². The first-order chi connectivity index (χ1) is 9.31. The summed E-state index contributed by atoms with van der Waals surface area (Å²) < 4.78 is 7.62. The largest absolute Gasteiger partial charge is 0.375 e. The third-order valence-electron chi connectivity index (χ3n) is 3.40. The van der Waals surface area contributed by atoms with E-state index >= 15 is 0 Å². The fourth-order valence-electron chi connectivity index (χ4n) is 2.36. The molecule has 0 radical (unpaired) electrons. The van der Waals surface area contributed by atoms with E-state index in [0.29, 0.717) is 12.4 Å². The number of anilines is 2. The van der Waals surface area contributed by atoms with Crippen molar-refractivity contribution >= 4 is 17.3 Å². The summed E-state index contributed by atoms with van der Waals surface area (Å²) in [6.07, 6.45) is 6.72. The van der Waals surface area contributed by atoms with E-state index in [1.54, 1.807) is 6.20 Å². The molecule has 0 spiro atoms. The third kappa shape index (κ3) is 2.22. The number of hydrogen-bond donors (Lipinski definition) is 2. The number of nitrogens with one attached hydrogen (secondary N) is 1. The highest BCUT2D eigenvalue weighted by molar-refractivity contribution is 5.66. The van der Waals surface area contributed by atoms with Gasteiger partial charge in [0.25, 0.3) is 0 Å². The van der Waals surface area contributed by atoms with E-state index in [9.17, 15) is 0 Å². The Hall–Kier alpha value is -1.86. The maximum atomic E-state index is 5.69. The van der Waals surface area contributed by atoms with Crippen molar-refractivity contribution in [1.82, 2.24) is 14.4 Å². The minimum atomic E-state index is 0.250. The molecule has 0 aromatic carbocycles. The van der Waals surface area contributed by atoms with Crippen LogP contribution < -0.4 is 16.2 Å². The molecular formula is C12H18N6O. The first-order valence-electron chi connectivity index (χ1n) is 6.48. The molecule has 0 saturated carbocycles. The van der Waals surface area contributed by atoms with E-state index < -0.39 is 0 Å². The number of nitrogens with zero attached hydrogens (tertiary/aromatic N) is 4. The van der Waals surface area contributed by atoms with Crippen LogP contribution in [0, 0.1) is 0 Å². The lowest BCUT2D eigenvalue weighted by molar-refractivity contribution is 0.0382. The predicted octanol–water partition coefficient (Wildman–Crippen LogP) is 0.630. The van der Waals surface area contributed by atoms with Gasteiger partial charge in [-0.3, -0.25) is 0 Å². The Morgan fingerprint density at radius 3 is 3.26 bits per heavy atom. The first kappa shape index (κ1) is 12.2. The van der Waals surface area contributed by atoms with E-state index in [1.807, 2.05) is 16.8 Å². The van der Waals surface area contributed by atoms with E-state index in [4.69, 9.17) is 10.6 Å². The molecule has 1 aliphatic heterocycles. The van der Waals surface area contributed by atoms with E-state index in [2.05, 4.69) is 27.2 Å². The summed E-state index contributed by atoms with van der Waals surface area (Å²) in [4.78, 5) is 11.1. The van der Waals surface area contributed by atoms with Crippen molar-refractivity contribution in [3.05, 3.63) is 18.6 Å². The van der Waals surface area contributed by atoms with Crippen molar-refractivity contribution in [2.45, 2.75) is 19.4 Å². The second kappa shape index (κ2) is 5.02. The molecule has 1 aliphatic rings. The van der Waals surface area contributed by atoms with Gasteiger partial charge in [0.05, 0.1) is 18.9 Å². The lowest BCUT2D eigenvalue weighted by Gasteiger charge is -2.33. The summed E-state index contributed by atoms with van der Waals surface area (Å²) in [6, 6.07) is 0. The summed E-state index contributed by atoms with van der Waals surface area (Å²) in [5, 5.41) is 0. The van der Waals surface area contributed by atoms with Crippen molar-refractivity contribution < 1.29 is 4.74 Å². The van der Waals surface area contributed by atoms with Crippen molar-refractivity contribution in [1.29, 1.82) is 0 Å².